The molecule has 0 atom stereocenters. The van der Waals surface area contributed by atoms with E-state index < -0.39 is 0 Å². The summed E-state index contributed by atoms with van der Waals surface area (Å²) in [7, 11) is 1.81. The van der Waals surface area contributed by atoms with E-state index in [9.17, 15) is 0 Å². The summed E-state index contributed by atoms with van der Waals surface area (Å²) in [6, 6.07) is 8.20. The van der Waals surface area contributed by atoms with Gasteiger partial charge in [0.25, 0.3) is 0 Å². The number of aryl methyl sites for hydroxylation is 1. The zero-order chi connectivity index (χ0) is 17.5. The molecule has 1 aliphatic carbocycles. The number of unbranched alkanes of at least 4 members (excludes halogenated alkanes) is 1. The molecule has 0 bridgehead atoms. The number of hydrogen-bond acceptors (Lipinski definition) is 3. The average molecular weight is 361 g/mol. The van der Waals surface area contributed by atoms with Crippen molar-refractivity contribution in [3.63, 3.8) is 0 Å². The molecule has 1 aliphatic rings. The number of hydrogen-bond donors (Lipinski definition) is 2. The van der Waals surface area contributed by atoms with E-state index in [0.29, 0.717) is 0 Å². The highest BCUT2D eigenvalue weighted by Crippen LogP contribution is 2.48. The van der Waals surface area contributed by atoms with Gasteiger partial charge in [-0.3, -0.25) is 4.99 Å². The lowest BCUT2D eigenvalue weighted by Crippen LogP contribution is -2.41. The first-order valence-corrected chi connectivity index (χ1v) is 9.13. The molecule has 0 aliphatic heterocycles. The monoisotopic (exact) mass is 360 g/mol. The third kappa shape index (κ3) is 4.95. The molecule has 1 aromatic carbocycles. The molecule has 3 rings (SSSR count). The maximum Gasteiger partial charge on any atom is 0.191 e. The van der Waals surface area contributed by atoms with E-state index in [-0.39, 0.29) is 5.41 Å². The van der Waals surface area contributed by atoms with Gasteiger partial charge in [-0.15, -0.1) is 10.2 Å². The van der Waals surface area contributed by atoms with Crippen LogP contribution in [0.15, 0.2) is 41.9 Å². The molecule has 0 amide bonds. The van der Waals surface area contributed by atoms with Crippen LogP contribution in [0.2, 0.25) is 5.02 Å². The minimum Gasteiger partial charge on any atom is -0.356 e. The van der Waals surface area contributed by atoms with Crippen molar-refractivity contribution in [2.75, 3.05) is 20.1 Å². The highest BCUT2D eigenvalue weighted by molar-refractivity contribution is 6.30. The average Bonchev–Trinajstić information content (AvgIpc) is 3.24. The molecule has 1 fully saturated rings. The van der Waals surface area contributed by atoms with Gasteiger partial charge in [0.15, 0.2) is 5.96 Å². The third-order valence-corrected chi connectivity index (χ3v) is 4.95. The molecule has 2 aromatic rings. The lowest BCUT2D eigenvalue weighted by molar-refractivity contribution is 0.593. The van der Waals surface area contributed by atoms with Crippen LogP contribution in [-0.2, 0) is 12.0 Å². The summed E-state index contributed by atoms with van der Waals surface area (Å²) in [5.74, 6) is 0.859. The fourth-order valence-corrected chi connectivity index (χ4v) is 3.16. The first-order valence-electron chi connectivity index (χ1n) is 8.75. The molecular weight excluding hydrogens is 336 g/mol. The number of guanidine groups is 1. The van der Waals surface area contributed by atoms with Crippen LogP contribution >= 0.6 is 11.6 Å². The Balaban J connectivity index is 1.39. The molecule has 1 saturated carbocycles. The summed E-state index contributed by atoms with van der Waals surface area (Å²) in [6.45, 7) is 2.72. The van der Waals surface area contributed by atoms with E-state index in [4.69, 9.17) is 11.6 Å². The van der Waals surface area contributed by atoms with Crippen LogP contribution in [0.4, 0.5) is 0 Å². The highest BCUT2D eigenvalue weighted by atomic mass is 35.5. The van der Waals surface area contributed by atoms with Crippen LogP contribution in [0.25, 0.3) is 0 Å². The van der Waals surface area contributed by atoms with E-state index >= 15 is 0 Å². The van der Waals surface area contributed by atoms with Gasteiger partial charge in [0.1, 0.15) is 12.7 Å². The molecule has 0 spiro atoms. The molecule has 7 heteroatoms. The van der Waals surface area contributed by atoms with E-state index in [0.717, 1.165) is 43.5 Å². The van der Waals surface area contributed by atoms with Crippen LogP contribution in [0.5, 0.6) is 0 Å². The molecule has 25 heavy (non-hydrogen) atoms. The van der Waals surface area contributed by atoms with Crippen molar-refractivity contribution < 1.29 is 0 Å². The standard InChI is InChI=1S/C18H25ClN6/c1-20-17(21-9-2-3-10-25-13-23-24-14-25)22-12-18(7-8-18)15-5-4-6-16(19)11-15/h4-6,11,13-14H,2-3,7-10,12H2,1H3,(H2,20,21,22). The maximum absolute atomic E-state index is 6.14. The topological polar surface area (TPSA) is 67.1 Å². The molecule has 134 valence electrons. The van der Waals surface area contributed by atoms with Gasteiger partial charge in [-0.05, 0) is 43.4 Å². The molecule has 1 heterocycles. The van der Waals surface area contributed by atoms with Gasteiger partial charge < -0.3 is 15.2 Å². The Kier molecular flexibility index (Phi) is 5.91. The summed E-state index contributed by atoms with van der Waals surface area (Å²) in [4.78, 5) is 4.32. The van der Waals surface area contributed by atoms with Crippen molar-refractivity contribution in [3.8, 4) is 0 Å². The van der Waals surface area contributed by atoms with Crippen LogP contribution in [0, 0.1) is 0 Å². The molecule has 2 N–H and O–H groups in total. The number of nitrogens with one attached hydrogen (secondary N) is 2. The minimum absolute atomic E-state index is 0.205. The van der Waals surface area contributed by atoms with Crippen molar-refractivity contribution in [1.82, 2.24) is 25.4 Å². The Bertz CT molecular complexity index is 693. The van der Waals surface area contributed by atoms with Crippen molar-refractivity contribution in [2.24, 2.45) is 4.99 Å². The van der Waals surface area contributed by atoms with Crippen molar-refractivity contribution in [1.29, 1.82) is 0 Å². The first-order chi connectivity index (χ1) is 12.2. The van der Waals surface area contributed by atoms with Crippen LogP contribution in [0.3, 0.4) is 0 Å². The Morgan fingerprint density at radius 3 is 2.72 bits per heavy atom. The largest absolute Gasteiger partial charge is 0.356 e. The van der Waals surface area contributed by atoms with E-state index in [1.165, 1.54) is 18.4 Å². The van der Waals surface area contributed by atoms with Gasteiger partial charge in [-0.1, -0.05) is 23.7 Å². The quantitative estimate of drug-likeness (QED) is 0.431. The predicted octanol–water partition coefficient (Wildman–Crippen LogP) is 2.61. The van der Waals surface area contributed by atoms with Crippen LogP contribution in [0.1, 0.15) is 31.2 Å². The maximum atomic E-state index is 6.14. The smallest absolute Gasteiger partial charge is 0.191 e. The summed E-state index contributed by atoms with van der Waals surface area (Å²) in [5.41, 5.74) is 1.52. The van der Waals surface area contributed by atoms with Gasteiger partial charge in [0, 0.05) is 37.1 Å². The SMILES string of the molecule is CN=C(NCCCCn1cnnc1)NCC1(c2cccc(Cl)c2)CC1. The van der Waals surface area contributed by atoms with Gasteiger partial charge in [-0.25, -0.2) is 0 Å². The second kappa shape index (κ2) is 8.34. The second-order valence-corrected chi connectivity index (χ2v) is 6.99. The van der Waals surface area contributed by atoms with E-state index in [1.54, 1.807) is 12.7 Å². The second-order valence-electron chi connectivity index (χ2n) is 6.55. The molecule has 6 nitrogen and oxygen atoms in total. The zero-order valence-electron chi connectivity index (χ0n) is 14.6. The van der Waals surface area contributed by atoms with Gasteiger partial charge in [0.2, 0.25) is 0 Å². The highest BCUT2D eigenvalue weighted by Gasteiger charge is 2.44. The lowest BCUT2D eigenvalue weighted by atomic mass is 9.96. The van der Waals surface area contributed by atoms with Gasteiger partial charge in [-0.2, -0.15) is 0 Å². The minimum atomic E-state index is 0.205. The van der Waals surface area contributed by atoms with Crippen molar-refractivity contribution >= 4 is 17.6 Å². The summed E-state index contributed by atoms with van der Waals surface area (Å²) in [5, 5.41) is 15.3. The normalized spacial score (nSPS) is 15.8. The fraction of sp³-hybridized carbons (Fsp3) is 0.500. The molecule has 0 saturated heterocycles. The Hall–Kier alpha value is -2.08. The number of aromatic nitrogens is 3. The Morgan fingerprint density at radius 2 is 2.04 bits per heavy atom. The van der Waals surface area contributed by atoms with E-state index in [2.05, 4.69) is 38.0 Å². The predicted molar refractivity (Wildman–Crippen MR) is 101 cm³/mol. The van der Waals surface area contributed by atoms with E-state index in [1.807, 2.05) is 23.7 Å². The van der Waals surface area contributed by atoms with Crippen LogP contribution in [-0.4, -0.2) is 40.9 Å². The van der Waals surface area contributed by atoms with Crippen molar-refractivity contribution in [3.05, 3.63) is 47.5 Å². The summed E-state index contributed by atoms with van der Waals surface area (Å²) >= 11 is 6.14. The first kappa shape index (κ1) is 17.7. The molecule has 0 unspecified atom stereocenters. The Labute approximate surface area is 153 Å². The number of rotatable bonds is 8. The molecule has 0 radical (unpaired) electrons. The number of nitrogens with zero attached hydrogens (tertiary/aromatic N) is 4. The zero-order valence-corrected chi connectivity index (χ0v) is 15.3. The summed E-state index contributed by atoms with van der Waals surface area (Å²) in [6.07, 6.45) is 8.02. The fourth-order valence-electron chi connectivity index (χ4n) is 2.97. The number of halogens is 1. The lowest BCUT2D eigenvalue weighted by Gasteiger charge is -2.19. The molecule has 1 aromatic heterocycles. The van der Waals surface area contributed by atoms with Gasteiger partial charge in [0.05, 0.1) is 0 Å². The summed E-state index contributed by atoms with van der Waals surface area (Å²) < 4.78 is 1.99. The third-order valence-electron chi connectivity index (χ3n) is 4.71. The van der Waals surface area contributed by atoms with Crippen LogP contribution < -0.4 is 10.6 Å². The van der Waals surface area contributed by atoms with Crippen molar-refractivity contribution in [2.45, 2.75) is 37.6 Å². The Morgan fingerprint density at radius 1 is 1.24 bits per heavy atom. The number of aliphatic imine (C=N–C) groups is 1. The molecular formula is C18H25ClN6. The number of benzene rings is 1. The van der Waals surface area contributed by atoms with Gasteiger partial charge >= 0.3 is 0 Å².